The highest BCUT2D eigenvalue weighted by Crippen LogP contribution is 2.55. The number of halogens is 2. The Labute approximate surface area is 108 Å². The van der Waals surface area contributed by atoms with E-state index in [2.05, 4.69) is 27.4 Å². The van der Waals surface area contributed by atoms with Crippen LogP contribution in [0.5, 0.6) is 0 Å². The summed E-state index contributed by atoms with van der Waals surface area (Å²) >= 11 is 12.0. The molecule has 0 aliphatic heterocycles. The number of alkyl halides is 1. The van der Waals surface area contributed by atoms with Crippen LogP contribution in [0.3, 0.4) is 0 Å². The van der Waals surface area contributed by atoms with Crippen molar-refractivity contribution in [2.45, 2.75) is 31.1 Å². The molecule has 3 rings (SSSR count). The fourth-order valence-corrected chi connectivity index (χ4v) is 5.73. The molecule has 4 atom stereocenters. The molecule has 2 fully saturated rings. The van der Waals surface area contributed by atoms with E-state index in [1.165, 1.54) is 35.0 Å². The molecule has 0 N–H and O–H groups in total. The number of thiophene rings is 1. The highest BCUT2D eigenvalue weighted by Gasteiger charge is 2.43. The maximum atomic E-state index is 6.63. The summed E-state index contributed by atoms with van der Waals surface area (Å²) in [6.07, 6.45) is 5.68. The van der Waals surface area contributed by atoms with Gasteiger partial charge in [-0.05, 0) is 64.4 Å². The molecule has 2 saturated carbocycles. The molecule has 2 aliphatic carbocycles. The lowest BCUT2D eigenvalue weighted by Crippen LogP contribution is -2.15. The molecular weight excluding hydrogens is 292 g/mol. The topological polar surface area (TPSA) is 0 Å². The van der Waals surface area contributed by atoms with Gasteiger partial charge in [0.1, 0.15) is 0 Å². The molecule has 0 saturated heterocycles. The van der Waals surface area contributed by atoms with E-state index < -0.39 is 0 Å². The Kier molecular flexibility index (Phi) is 2.86. The highest BCUT2D eigenvalue weighted by atomic mass is 79.9. The van der Waals surface area contributed by atoms with Crippen LogP contribution in [0.1, 0.15) is 35.9 Å². The quantitative estimate of drug-likeness (QED) is 0.657. The van der Waals surface area contributed by atoms with E-state index in [1.807, 2.05) is 0 Å². The van der Waals surface area contributed by atoms with Crippen molar-refractivity contribution < 1.29 is 0 Å². The molecule has 0 amide bonds. The maximum Gasteiger partial charge on any atom is 0.0720 e. The summed E-state index contributed by atoms with van der Waals surface area (Å²) in [4.78, 5) is 1.34. The summed E-state index contributed by atoms with van der Waals surface area (Å²) in [6, 6.07) is 2.11. The predicted molar refractivity (Wildman–Crippen MR) is 69.6 cm³/mol. The second-order valence-electron chi connectivity index (χ2n) is 4.87. The largest absolute Gasteiger partial charge is 0.146 e. The lowest BCUT2D eigenvalue weighted by molar-refractivity contribution is 0.325. The van der Waals surface area contributed by atoms with Crippen LogP contribution in [0.25, 0.3) is 0 Å². The van der Waals surface area contributed by atoms with Crippen LogP contribution in [-0.2, 0) is 0 Å². The normalized spacial score (nSPS) is 36.0. The van der Waals surface area contributed by atoms with Crippen LogP contribution in [0.15, 0.2) is 15.9 Å². The van der Waals surface area contributed by atoms with E-state index >= 15 is 0 Å². The minimum Gasteiger partial charge on any atom is -0.146 e. The molecule has 0 nitrogen and oxygen atoms in total. The van der Waals surface area contributed by atoms with Crippen LogP contribution in [-0.4, -0.2) is 0 Å². The van der Waals surface area contributed by atoms with Gasteiger partial charge >= 0.3 is 0 Å². The summed E-state index contributed by atoms with van der Waals surface area (Å²) in [6.45, 7) is 0. The zero-order chi connectivity index (χ0) is 10.4. The van der Waals surface area contributed by atoms with Crippen molar-refractivity contribution in [3.63, 3.8) is 0 Å². The van der Waals surface area contributed by atoms with Gasteiger partial charge in [0.25, 0.3) is 0 Å². The molecule has 2 bridgehead atoms. The monoisotopic (exact) mass is 304 g/mol. The van der Waals surface area contributed by atoms with Gasteiger partial charge in [-0.2, -0.15) is 0 Å². The fourth-order valence-electron chi connectivity index (χ4n) is 3.35. The Hall–Kier alpha value is 0.470. The minimum absolute atomic E-state index is 0.245. The first kappa shape index (κ1) is 10.6. The van der Waals surface area contributed by atoms with Crippen LogP contribution >= 0.6 is 38.9 Å². The minimum atomic E-state index is 0.245. The van der Waals surface area contributed by atoms with Gasteiger partial charge in [-0.15, -0.1) is 22.9 Å². The molecular formula is C12H14BrClS. The lowest BCUT2D eigenvalue weighted by Gasteiger charge is -2.25. The van der Waals surface area contributed by atoms with Gasteiger partial charge in [0.2, 0.25) is 0 Å². The predicted octanol–water partition coefficient (Wildman–Crippen LogP) is 5.23. The van der Waals surface area contributed by atoms with Crippen molar-refractivity contribution in [3.05, 3.63) is 20.8 Å². The van der Waals surface area contributed by atoms with Crippen molar-refractivity contribution in [1.82, 2.24) is 0 Å². The average molecular weight is 306 g/mol. The van der Waals surface area contributed by atoms with Crippen LogP contribution in [0.2, 0.25) is 0 Å². The van der Waals surface area contributed by atoms with Crippen molar-refractivity contribution >= 4 is 38.9 Å². The first-order chi connectivity index (χ1) is 7.25. The average Bonchev–Trinajstić information content (AvgIpc) is 2.91. The Balaban J connectivity index is 1.81. The SMILES string of the molecule is ClC(c1sccc1Br)C1CC2CCC1C2. The number of hydrogen-bond donors (Lipinski definition) is 0. The molecule has 1 aromatic rings. The fraction of sp³-hybridized carbons (Fsp3) is 0.667. The molecule has 4 unspecified atom stereocenters. The summed E-state index contributed by atoms with van der Waals surface area (Å²) < 4.78 is 1.20. The first-order valence-electron chi connectivity index (χ1n) is 5.62. The van der Waals surface area contributed by atoms with E-state index in [4.69, 9.17) is 11.6 Å². The van der Waals surface area contributed by atoms with Gasteiger partial charge in [-0.3, -0.25) is 0 Å². The van der Waals surface area contributed by atoms with Gasteiger partial charge in [0.05, 0.1) is 5.38 Å². The van der Waals surface area contributed by atoms with Crippen molar-refractivity contribution in [2.75, 3.05) is 0 Å². The summed E-state index contributed by atoms with van der Waals surface area (Å²) in [7, 11) is 0. The second kappa shape index (κ2) is 4.05. The third-order valence-electron chi connectivity index (χ3n) is 4.06. The first-order valence-corrected chi connectivity index (χ1v) is 7.73. The zero-order valence-electron chi connectivity index (χ0n) is 8.46. The molecule has 15 heavy (non-hydrogen) atoms. The van der Waals surface area contributed by atoms with Gasteiger partial charge < -0.3 is 0 Å². The number of rotatable bonds is 2. The standard InChI is InChI=1S/C12H14BrClS/c13-10-3-4-15-12(10)11(14)9-6-7-1-2-8(9)5-7/h3-4,7-9,11H,1-2,5-6H2. The molecule has 82 valence electrons. The Morgan fingerprint density at radius 1 is 1.40 bits per heavy atom. The molecule has 0 spiro atoms. The third kappa shape index (κ3) is 1.79. The van der Waals surface area contributed by atoms with Crippen LogP contribution in [0.4, 0.5) is 0 Å². The third-order valence-corrected chi connectivity index (χ3v) is 6.69. The Morgan fingerprint density at radius 2 is 2.27 bits per heavy atom. The maximum absolute atomic E-state index is 6.63. The molecule has 2 aliphatic rings. The Morgan fingerprint density at radius 3 is 2.80 bits per heavy atom. The summed E-state index contributed by atoms with van der Waals surface area (Å²) in [5.41, 5.74) is 0. The summed E-state index contributed by atoms with van der Waals surface area (Å²) in [5.74, 6) is 2.63. The molecule has 0 aromatic carbocycles. The van der Waals surface area contributed by atoms with E-state index in [-0.39, 0.29) is 5.38 Å². The molecule has 0 radical (unpaired) electrons. The van der Waals surface area contributed by atoms with Gasteiger partial charge in [0, 0.05) is 9.35 Å². The summed E-state index contributed by atoms with van der Waals surface area (Å²) in [5, 5.41) is 2.37. The van der Waals surface area contributed by atoms with Gasteiger partial charge in [0.15, 0.2) is 0 Å². The van der Waals surface area contributed by atoms with E-state index in [0.29, 0.717) is 0 Å². The number of hydrogen-bond acceptors (Lipinski definition) is 1. The lowest BCUT2D eigenvalue weighted by atomic mass is 9.86. The molecule has 1 heterocycles. The van der Waals surface area contributed by atoms with Gasteiger partial charge in [-0.25, -0.2) is 0 Å². The molecule has 1 aromatic heterocycles. The van der Waals surface area contributed by atoms with Crippen molar-refractivity contribution in [3.8, 4) is 0 Å². The van der Waals surface area contributed by atoms with Crippen molar-refractivity contribution in [1.29, 1.82) is 0 Å². The highest BCUT2D eigenvalue weighted by molar-refractivity contribution is 9.10. The van der Waals surface area contributed by atoms with Crippen LogP contribution < -0.4 is 0 Å². The smallest absolute Gasteiger partial charge is 0.0720 e. The zero-order valence-corrected chi connectivity index (χ0v) is 11.6. The van der Waals surface area contributed by atoms with Crippen LogP contribution in [0, 0.1) is 17.8 Å². The number of fused-ring (bicyclic) bond motifs is 2. The van der Waals surface area contributed by atoms with E-state index in [0.717, 1.165) is 17.8 Å². The molecule has 3 heteroatoms. The van der Waals surface area contributed by atoms with Gasteiger partial charge in [-0.1, -0.05) is 6.42 Å². The van der Waals surface area contributed by atoms with Crippen molar-refractivity contribution in [2.24, 2.45) is 17.8 Å². The van der Waals surface area contributed by atoms with E-state index in [9.17, 15) is 0 Å². The van der Waals surface area contributed by atoms with E-state index in [1.54, 1.807) is 11.3 Å². The Bertz CT molecular complexity index is 362. The second-order valence-corrected chi connectivity index (χ2v) is 7.15.